The quantitative estimate of drug-likeness (QED) is 0.730. The van der Waals surface area contributed by atoms with E-state index in [1.807, 2.05) is 0 Å². The van der Waals surface area contributed by atoms with Crippen molar-refractivity contribution in [1.82, 2.24) is 4.90 Å². The molecule has 0 spiro atoms. The summed E-state index contributed by atoms with van der Waals surface area (Å²) in [5.74, 6) is -2.83. The molecule has 0 N–H and O–H groups in total. The Kier molecular flexibility index (Phi) is 3.91. The molecule has 0 aromatic carbocycles. The van der Waals surface area contributed by atoms with Crippen LogP contribution in [-0.2, 0) is 4.74 Å². The maximum absolute atomic E-state index is 14.8. The summed E-state index contributed by atoms with van der Waals surface area (Å²) in [4.78, 5) is 1.64. The van der Waals surface area contributed by atoms with Crippen molar-refractivity contribution < 1.29 is 13.5 Å². The van der Waals surface area contributed by atoms with Gasteiger partial charge in [0.2, 0.25) is 0 Å². The number of rotatable bonds is 3. The molecule has 2 nitrogen and oxygen atoms in total. The Bertz CT molecular complexity index is 349. The van der Waals surface area contributed by atoms with E-state index in [1.54, 1.807) is 4.90 Å². The first kappa shape index (κ1) is 14.8. The SMILES string of the molecule is [B]C([B])(N1CC2CCCC2C1)C(F)(F)C1CCOCC1. The summed E-state index contributed by atoms with van der Waals surface area (Å²) in [5, 5.41) is -2.03. The largest absolute Gasteiger partial charge is 0.381 e. The average Bonchev–Trinajstić information content (AvgIpc) is 3.00. The van der Waals surface area contributed by atoms with Crippen LogP contribution in [0.1, 0.15) is 32.1 Å². The summed E-state index contributed by atoms with van der Waals surface area (Å²) < 4.78 is 34.7. The zero-order valence-corrected chi connectivity index (χ0v) is 11.9. The monoisotopic (exact) mass is 279 g/mol. The van der Waals surface area contributed by atoms with E-state index in [1.165, 1.54) is 6.42 Å². The van der Waals surface area contributed by atoms with Gasteiger partial charge < -0.3 is 9.64 Å². The number of nitrogens with zero attached hydrogens (tertiary/aromatic N) is 1. The third kappa shape index (κ3) is 2.33. The van der Waals surface area contributed by atoms with E-state index >= 15 is 0 Å². The third-order valence-corrected chi connectivity index (χ3v) is 5.52. The lowest BCUT2D eigenvalue weighted by molar-refractivity contribution is -0.136. The number of hydrogen-bond donors (Lipinski definition) is 0. The van der Waals surface area contributed by atoms with Gasteiger partial charge in [-0.1, -0.05) is 6.42 Å². The topological polar surface area (TPSA) is 12.5 Å². The average molecular weight is 279 g/mol. The van der Waals surface area contributed by atoms with E-state index in [2.05, 4.69) is 0 Å². The Labute approximate surface area is 122 Å². The number of ether oxygens (including phenoxy) is 1. The Morgan fingerprint density at radius 1 is 0.950 bits per heavy atom. The van der Waals surface area contributed by atoms with Crippen LogP contribution in [0.4, 0.5) is 8.78 Å². The Morgan fingerprint density at radius 3 is 2.05 bits per heavy atom. The van der Waals surface area contributed by atoms with E-state index in [4.69, 9.17) is 20.4 Å². The van der Waals surface area contributed by atoms with Gasteiger partial charge in [-0.05, 0) is 37.5 Å². The van der Waals surface area contributed by atoms with Gasteiger partial charge in [-0.25, -0.2) is 8.78 Å². The number of halogens is 2. The molecule has 0 aromatic heterocycles. The molecule has 2 heterocycles. The number of alkyl halides is 2. The second kappa shape index (κ2) is 5.27. The first-order valence-electron chi connectivity index (χ1n) is 7.71. The molecule has 4 radical (unpaired) electrons. The molecule has 3 fully saturated rings. The van der Waals surface area contributed by atoms with Crippen molar-refractivity contribution in [3.63, 3.8) is 0 Å². The van der Waals surface area contributed by atoms with Gasteiger partial charge >= 0.3 is 0 Å². The first-order valence-corrected chi connectivity index (χ1v) is 7.71. The van der Waals surface area contributed by atoms with E-state index in [0.29, 0.717) is 51.0 Å². The van der Waals surface area contributed by atoms with Crippen LogP contribution in [-0.4, -0.2) is 58.2 Å². The Balaban J connectivity index is 1.72. The van der Waals surface area contributed by atoms with Gasteiger partial charge in [0.25, 0.3) is 5.92 Å². The zero-order valence-electron chi connectivity index (χ0n) is 11.9. The van der Waals surface area contributed by atoms with Crippen LogP contribution in [0.25, 0.3) is 0 Å². The van der Waals surface area contributed by atoms with Crippen molar-refractivity contribution in [2.24, 2.45) is 17.8 Å². The van der Waals surface area contributed by atoms with Crippen molar-refractivity contribution in [2.75, 3.05) is 26.3 Å². The lowest BCUT2D eigenvalue weighted by Crippen LogP contribution is -2.64. The molecule has 2 unspecified atom stereocenters. The molecule has 6 heteroatoms. The van der Waals surface area contributed by atoms with Crippen molar-refractivity contribution in [3.8, 4) is 0 Å². The molecule has 2 aliphatic heterocycles. The predicted octanol–water partition coefficient (Wildman–Crippen LogP) is 1.77. The molecule has 108 valence electrons. The van der Waals surface area contributed by atoms with Gasteiger partial charge in [0.1, 0.15) is 0 Å². The highest BCUT2D eigenvalue weighted by atomic mass is 19.3. The number of fused-ring (bicyclic) bond motifs is 1. The van der Waals surface area contributed by atoms with Crippen LogP contribution in [0.15, 0.2) is 0 Å². The molecular weight excluding hydrogens is 258 g/mol. The summed E-state index contributed by atoms with van der Waals surface area (Å²) in [7, 11) is 11.9. The van der Waals surface area contributed by atoms with Crippen LogP contribution >= 0.6 is 0 Å². The second-order valence-corrected chi connectivity index (χ2v) is 6.69. The number of hydrogen-bond acceptors (Lipinski definition) is 2. The minimum absolute atomic E-state index is 0.337. The molecule has 0 amide bonds. The first-order chi connectivity index (χ1) is 9.43. The van der Waals surface area contributed by atoms with Crippen LogP contribution in [0.3, 0.4) is 0 Å². The zero-order chi connectivity index (χ0) is 14.4. The lowest BCUT2D eigenvalue weighted by Gasteiger charge is -2.47. The Hall–Kier alpha value is -0.0901. The smallest absolute Gasteiger partial charge is 0.253 e. The molecular formula is C14H21B2F2NO. The minimum atomic E-state index is -3.07. The summed E-state index contributed by atoms with van der Waals surface area (Å²) in [5.41, 5.74) is 0. The van der Waals surface area contributed by atoms with Crippen LogP contribution in [0.5, 0.6) is 0 Å². The highest BCUT2D eigenvalue weighted by molar-refractivity contribution is 6.40. The maximum atomic E-state index is 14.8. The predicted molar refractivity (Wildman–Crippen MR) is 75.1 cm³/mol. The molecule has 1 saturated carbocycles. The molecule has 3 aliphatic rings. The molecule has 2 saturated heterocycles. The van der Waals surface area contributed by atoms with Crippen molar-refractivity contribution in [3.05, 3.63) is 0 Å². The lowest BCUT2D eigenvalue weighted by atomic mass is 9.54. The van der Waals surface area contributed by atoms with Gasteiger partial charge in [-0.2, -0.15) is 0 Å². The third-order valence-electron chi connectivity index (χ3n) is 5.52. The van der Waals surface area contributed by atoms with Crippen LogP contribution in [0, 0.1) is 17.8 Å². The molecule has 0 bridgehead atoms. The summed E-state index contributed by atoms with van der Waals surface area (Å²) in [6, 6.07) is 0. The van der Waals surface area contributed by atoms with E-state index in [-0.39, 0.29) is 0 Å². The van der Waals surface area contributed by atoms with Crippen molar-refractivity contribution >= 4 is 15.7 Å². The van der Waals surface area contributed by atoms with Crippen LogP contribution < -0.4 is 0 Å². The van der Waals surface area contributed by atoms with E-state index < -0.39 is 17.2 Å². The van der Waals surface area contributed by atoms with Gasteiger partial charge in [0.15, 0.2) is 0 Å². The molecule has 20 heavy (non-hydrogen) atoms. The van der Waals surface area contributed by atoms with Crippen molar-refractivity contribution in [1.29, 1.82) is 0 Å². The summed E-state index contributed by atoms with van der Waals surface area (Å²) in [6.45, 7) is 2.00. The van der Waals surface area contributed by atoms with Gasteiger partial charge in [0.05, 0.1) is 15.7 Å². The molecule has 0 aromatic rings. The fourth-order valence-corrected chi connectivity index (χ4v) is 4.14. The number of likely N-dealkylation sites (tertiary alicyclic amines) is 1. The van der Waals surface area contributed by atoms with Gasteiger partial charge in [-0.3, -0.25) is 0 Å². The highest BCUT2D eigenvalue weighted by Gasteiger charge is 2.56. The molecule has 1 aliphatic carbocycles. The van der Waals surface area contributed by atoms with E-state index in [0.717, 1.165) is 12.8 Å². The normalized spacial score (nSPS) is 33.5. The second-order valence-electron chi connectivity index (χ2n) is 6.69. The summed E-state index contributed by atoms with van der Waals surface area (Å²) in [6.07, 6.45) is 4.13. The van der Waals surface area contributed by atoms with Gasteiger partial charge in [-0.15, -0.1) is 0 Å². The fraction of sp³-hybridized carbons (Fsp3) is 1.00. The van der Waals surface area contributed by atoms with Crippen LogP contribution in [0.2, 0.25) is 0 Å². The standard InChI is InChI=1S/C14H21B2F2NO/c15-14(16,13(17,18)12-4-6-20-7-5-12)19-8-10-2-1-3-11(10)9-19/h10-12H,1-9H2. The fourth-order valence-electron chi connectivity index (χ4n) is 4.14. The molecule has 2 atom stereocenters. The highest BCUT2D eigenvalue weighted by Crippen LogP contribution is 2.46. The minimum Gasteiger partial charge on any atom is -0.381 e. The molecule has 3 rings (SSSR count). The maximum Gasteiger partial charge on any atom is 0.253 e. The van der Waals surface area contributed by atoms with E-state index in [9.17, 15) is 8.78 Å². The van der Waals surface area contributed by atoms with Crippen molar-refractivity contribution in [2.45, 2.75) is 43.4 Å². The summed E-state index contributed by atoms with van der Waals surface area (Å²) >= 11 is 0. The Morgan fingerprint density at radius 2 is 1.50 bits per heavy atom. The van der Waals surface area contributed by atoms with Gasteiger partial charge in [0, 0.05) is 37.6 Å².